The Morgan fingerprint density at radius 2 is 1.51 bits per heavy atom. The number of aromatic hydroxyl groups is 1. The molecule has 6 N–H and O–H groups in total. The molecule has 0 saturated heterocycles. The lowest BCUT2D eigenvalue weighted by Crippen LogP contribution is -2.46. The molecule has 1 heterocycles. The number of phenolic OH excluding ortho intramolecular Hbond substituents is 1. The molecule has 4 amide bonds. The van der Waals surface area contributed by atoms with Gasteiger partial charge in [0.2, 0.25) is 11.8 Å². The van der Waals surface area contributed by atoms with Crippen molar-refractivity contribution in [3.63, 3.8) is 0 Å². The first kappa shape index (κ1) is 51.3. The molecule has 0 fully saturated rings. The van der Waals surface area contributed by atoms with Gasteiger partial charge in [0, 0.05) is 55.9 Å². The summed E-state index contributed by atoms with van der Waals surface area (Å²) >= 11 is 1.35. The fraction of sp³-hybridized carbons (Fsp3) is 0.690. The number of aromatic nitrogens is 1. The van der Waals surface area contributed by atoms with E-state index in [4.69, 9.17) is 34.4 Å². The number of nitrogens with zero attached hydrogens (tertiary/aromatic N) is 2. The summed E-state index contributed by atoms with van der Waals surface area (Å²) < 4.78 is 27.4. The van der Waals surface area contributed by atoms with Crippen LogP contribution in [0.25, 0.3) is 0 Å². The second-order valence-electron chi connectivity index (χ2n) is 14.7. The van der Waals surface area contributed by atoms with Gasteiger partial charge in [0.05, 0.1) is 39.6 Å². The van der Waals surface area contributed by atoms with E-state index in [1.807, 2.05) is 11.8 Å². The highest BCUT2D eigenvalue weighted by atomic mass is 32.1. The second kappa shape index (κ2) is 30.2. The molecule has 2 rings (SSSR count). The molecular formula is C42H70N6O10S. The minimum absolute atomic E-state index is 0.0320. The molecule has 2 aromatic rings. The van der Waals surface area contributed by atoms with Crippen molar-refractivity contribution < 1.29 is 48.0 Å². The first-order valence-electron chi connectivity index (χ1n) is 21.0. The van der Waals surface area contributed by atoms with Crippen molar-refractivity contribution in [1.29, 1.82) is 0 Å². The Morgan fingerprint density at radius 3 is 2.12 bits per heavy atom. The molecule has 16 nitrogen and oxygen atoms in total. The molecule has 3 unspecified atom stereocenters. The van der Waals surface area contributed by atoms with E-state index in [0.29, 0.717) is 77.0 Å². The van der Waals surface area contributed by atoms with Crippen LogP contribution < -0.4 is 21.9 Å². The molecule has 1 aromatic carbocycles. The molecule has 1 aromatic heterocycles. The van der Waals surface area contributed by atoms with Gasteiger partial charge in [-0.2, -0.15) is 0 Å². The molecule has 0 aliphatic rings. The molecular weight excluding hydrogens is 781 g/mol. The van der Waals surface area contributed by atoms with E-state index in [2.05, 4.69) is 43.9 Å². The summed E-state index contributed by atoms with van der Waals surface area (Å²) in [4.78, 5) is 59.1. The first-order valence-corrected chi connectivity index (χ1v) is 21.9. The Labute approximate surface area is 354 Å². The van der Waals surface area contributed by atoms with E-state index in [1.54, 1.807) is 36.6 Å². The van der Waals surface area contributed by atoms with Crippen molar-refractivity contribution in [2.45, 2.75) is 111 Å². The highest BCUT2D eigenvalue weighted by Gasteiger charge is 2.31. The maximum absolute atomic E-state index is 13.8. The van der Waals surface area contributed by atoms with Crippen molar-refractivity contribution in [2.24, 2.45) is 17.6 Å². The highest BCUT2D eigenvalue weighted by Crippen LogP contribution is 2.31. The average molecular weight is 851 g/mol. The van der Waals surface area contributed by atoms with Crippen LogP contribution >= 0.6 is 11.3 Å². The molecule has 0 aliphatic carbocycles. The number of thiazole rings is 1. The number of carbonyl (C=O) groups excluding carboxylic acids is 4. The van der Waals surface area contributed by atoms with Crippen LogP contribution in [0.5, 0.6) is 5.75 Å². The van der Waals surface area contributed by atoms with Crippen LogP contribution in [0.15, 0.2) is 29.6 Å². The number of phenols is 1. The normalized spacial score (nSPS) is 13.4. The molecule has 0 saturated carbocycles. The quantitative estimate of drug-likeness (QED) is 0.0484. The van der Waals surface area contributed by atoms with E-state index in [9.17, 15) is 24.3 Å². The minimum Gasteiger partial charge on any atom is -0.508 e. The molecule has 59 heavy (non-hydrogen) atoms. The summed E-state index contributed by atoms with van der Waals surface area (Å²) in [5.74, 6) is -1.09. The third-order valence-electron chi connectivity index (χ3n) is 9.30. The Morgan fingerprint density at radius 1 is 0.847 bits per heavy atom. The van der Waals surface area contributed by atoms with Gasteiger partial charge in [-0.1, -0.05) is 60.1 Å². The monoisotopic (exact) mass is 850 g/mol. The van der Waals surface area contributed by atoms with Crippen LogP contribution in [0.3, 0.4) is 0 Å². The number of nitrogens with one attached hydrogen (secondary N) is 3. The molecule has 334 valence electrons. The van der Waals surface area contributed by atoms with E-state index in [1.165, 1.54) is 11.3 Å². The van der Waals surface area contributed by atoms with Crippen molar-refractivity contribution in [1.82, 2.24) is 26.1 Å². The maximum atomic E-state index is 13.8. The van der Waals surface area contributed by atoms with Crippen LogP contribution in [0, 0.1) is 11.8 Å². The number of ether oxygens (including phenoxy) is 5. The average Bonchev–Trinajstić information content (AvgIpc) is 3.72. The number of hydrogen-bond donors (Lipinski definition) is 5. The second-order valence-corrected chi connectivity index (χ2v) is 15.6. The third-order valence-corrected chi connectivity index (χ3v) is 10.2. The summed E-state index contributed by atoms with van der Waals surface area (Å²) in [7, 11) is 0. The van der Waals surface area contributed by atoms with Crippen LogP contribution in [0.4, 0.5) is 4.79 Å². The largest absolute Gasteiger partial charge is 0.508 e. The van der Waals surface area contributed by atoms with Crippen molar-refractivity contribution in [3.05, 3.63) is 45.9 Å². The zero-order valence-electron chi connectivity index (χ0n) is 36.0. The van der Waals surface area contributed by atoms with Gasteiger partial charge in [0.1, 0.15) is 29.2 Å². The number of carbonyl (C=O) groups is 4. The predicted molar refractivity (Wildman–Crippen MR) is 227 cm³/mol. The summed E-state index contributed by atoms with van der Waals surface area (Å²) in [5, 5.41) is 15.3. The number of amides is 4. The standard InChI is InChI=1S/C42H70N6O10S/c1-7-10-11-38(50)48(17-8-2)36(30(4)5)28-37(57-18-9-3)41-45-35(29-59-41)40(52)44-33(27-32-12-14-34(49)15-13-32)26-31(6)39(51)46-47-42(53)58-25-24-56-23-22-55-21-20-54-19-16-43/h12-15,29-31,33,36-37,49H,7-11,16-28,43H2,1-6H3,(H,44,52)(H,46,51)(H,47,53)/t31-,33?,36?,37?/m0/s1. The SMILES string of the molecule is CCCCC(=O)N(CCC)C(CC(OCCC)c1nc(C(=O)NC(Cc2ccc(O)cc2)C[C@H](C)C(=O)NNC(=O)OCCOCCOCCOCCN)cs1)C(C)C. The lowest BCUT2D eigenvalue weighted by molar-refractivity contribution is -0.135. The van der Waals surface area contributed by atoms with E-state index < -0.39 is 36.0 Å². The van der Waals surface area contributed by atoms with Crippen molar-refractivity contribution in [3.8, 4) is 5.75 Å². The molecule has 4 atom stereocenters. The van der Waals surface area contributed by atoms with E-state index in [0.717, 1.165) is 31.2 Å². The van der Waals surface area contributed by atoms with Gasteiger partial charge in [-0.25, -0.2) is 15.2 Å². The summed E-state index contributed by atoms with van der Waals surface area (Å²) in [6, 6.07) is 6.05. The minimum atomic E-state index is -0.849. The van der Waals surface area contributed by atoms with Crippen LogP contribution in [0.1, 0.15) is 114 Å². The maximum Gasteiger partial charge on any atom is 0.426 e. The van der Waals surface area contributed by atoms with E-state index in [-0.39, 0.29) is 48.9 Å². The smallest absolute Gasteiger partial charge is 0.426 e. The highest BCUT2D eigenvalue weighted by molar-refractivity contribution is 7.09. The zero-order valence-corrected chi connectivity index (χ0v) is 36.8. The summed E-state index contributed by atoms with van der Waals surface area (Å²) in [6.45, 7) is 15.9. The van der Waals surface area contributed by atoms with Gasteiger partial charge in [0.15, 0.2) is 0 Å². The van der Waals surface area contributed by atoms with Crippen molar-refractivity contribution in [2.75, 3.05) is 65.9 Å². The Bertz CT molecular complexity index is 1480. The van der Waals surface area contributed by atoms with Crippen LogP contribution in [0.2, 0.25) is 0 Å². The zero-order chi connectivity index (χ0) is 43.4. The molecule has 0 bridgehead atoms. The van der Waals surface area contributed by atoms with Gasteiger partial charge >= 0.3 is 6.09 Å². The number of unbranched alkanes of at least 4 members (excludes halogenated alkanes) is 1. The number of benzene rings is 1. The van der Waals surface area contributed by atoms with Gasteiger partial charge in [-0.15, -0.1) is 11.3 Å². The molecule has 17 heteroatoms. The first-order chi connectivity index (χ1) is 28.4. The van der Waals surface area contributed by atoms with E-state index >= 15 is 0 Å². The fourth-order valence-corrected chi connectivity index (χ4v) is 7.06. The lowest BCUT2D eigenvalue weighted by Gasteiger charge is -2.36. The Hall–Kier alpha value is -3.87. The van der Waals surface area contributed by atoms with Crippen LogP contribution in [-0.2, 0) is 39.7 Å². The lowest BCUT2D eigenvalue weighted by atomic mass is 9.95. The van der Waals surface area contributed by atoms with Gasteiger partial charge < -0.3 is 44.7 Å². The van der Waals surface area contributed by atoms with Gasteiger partial charge in [0.25, 0.3) is 5.91 Å². The van der Waals surface area contributed by atoms with Crippen molar-refractivity contribution >= 4 is 35.2 Å². The number of hydrazine groups is 1. The number of nitrogens with two attached hydrogens (primary N) is 1. The van der Waals surface area contributed by atoms with Crippen LogP contribution in [-0.4, -0.2) is 117 Å². The Kier molecular flexibility index (Phi) is 26.2. The molecule has 0 spiro atoms. The number of rotatable bonds is 31. The third kappa shape index (κ3) is 20.8. The fourth-order valence-electron chi connectivity index (χ4n) is 6.20. The van der Waals surface area contributed by atoms with Gasteiger partial charge in [-0.05, 0) is 55.7 Å². The summed E-state index contributed by atoms with van der Waals surface area (Å²) in [5.41, 5.74) is 11.1. The Balaban J connectivity index is 2.05. The van der Waals surface area contributed by atoms with Gasteiger partial charge in [-0.3, -0.25) is 19.8 Å². The predicted octanol–water partition coefficient (Wildman–Crippen LogP) is 5.29. The number of hydrogen-bond acceptors (Lipinski definition) is 13. The topological polar surface area (TPSA) is 213 Å². The molecule has 0 aliphatic heterocycles. The summed E-state index contributed by atoms with van der Waals surface area (Å²) in [6.07, 6.45) is 3.83. The molecule has 0 radical (unpaired) electrons.